The summed E-state index contributed by atoms with van der Waals surface area (Å²) in [4.78, 5) is 29.2. The predicted octanol–water partition coefficient (Wildman–Crippen LogP) is 2.24. The van der Waals surface area contributed by atoms with Gasteiger partial charge in [0.05, 0.1) is 19.8 Å². The van der Waals surface area contributed by atoms with Crippen molar-refractivity contribution in [1.29, 1.82) is 0 Å². The van der Waals surface area contributed by atoms with Gasteiger partial charge >= 0.3 is 5.69 Å². The number of benzene rings is 2. The standard InChI is InChI=1S/C23H28N4O4/c1-30-16-14-27-21(24)20(22(28)25-23(27)29)26(17-18-9-4-2-5-10-18)13-8-15-31-19-11-6-3-7-12-19/h2-7,9-12H,8,13-17,24H2,1H3,(H,25,28,29). The second-order valence-corrected chi connectivity index (χ2v) is 7.06. The maximum absolute atomic E-state index is 12.7. The van der Waals surface area contributed by atoms with Crippen LogP contribution in [0.1, 0.15) is 12.0 Å². The molecule has 3 rings (SSSR count). The smallest absolute Gasteiger partial charge is 0.330 e. The molecule has 0 aliphatic carbocycles. The van der Waals surface area contributed by atoms with Crippen molar-refractivity contribution in [3.05, 3.63) is 87.1 Å². The van der Waals surface area contributed by atoms with Crippen LogP contribution < -0.4 is 26.6 Å². The van der Waals surface area contributed by atoms with Crippen molar-refractivity contribution in [1.82, 2.24) is 9.55 Å². The largest absolute Gasteiger partial charge is 0.494 e. The summed E-state index contributed by atoms with van der Waals surface area (Å²) in [5, 5.41) is 0. The summed E-state index contributed by atoms with van der Waals surface area (Å²) in [6, 6.07) is 19.4. The minimum Gasteiger partial charge on any atom is -0.494 e. The molecule has 0 radical (unpaired) electrons. The van der Waals surface area contributed by atoms with Gasteiger partial charge in [-0.25, -0.2) is 4.79 Å². The lowest BCUT2D eigenvalue weighted by Gasteiger charge is -2.26. The van der Waals surface area contributed by atoms with Crippen molar-refractivity contribution >= 4 is 11.5 Å². The van der Waals surface area contributed by atoms with E-state index in [1.807, 2.05) is 65.6 Å². The van der Waals surface area contributed by atoms with Crippen molar-refractivity contribution in [3.8, 4) is 5.75 Å². The molecule has 0 amide bonds. The summed E-state index contributed by atoms with van der Waals surface area (Å²) in [7, 11) is 1.54. The van der Waals surface area contributed by atoms with E-state index in [-0.39, 0.29) is 18.1 Å². The highest BCUT2D eigenvalue weighted by Crippen LogP contribution is 2.20. The molecule has 0 spiro atoms. The molecule has 1 heterocycles. The van der Waals surface area contributed by atoms with E-state index in [4.69, 9.17) is 15.2 Å². The Hall–Kier alpha value is -3.52. The lowest BCUT2D eigenvalue weighted by Crippen LogP contribution is -2.39. The Morgan fingerprint density at radius 3 is 2.35 bits per heavy atom. The van der Waals surface area contributed by atoms with Crippen molar-refractivity contribution in [3.63, 3.8) is 0 Å². The van der Waals surface area contributed by atoms with Crippen molar-refractivity contribution < 1.29 is 9.47 Å². The second-order valence-electron chi connectivity index (χ2n) is 7.06. The Morgan fingerprint density at radius 1 is 1.00 bits per heavy atom. The Kier molecular flexibility index (Phi) is 7.89. The summed E-state index contributed by atoms with van der Waals surface area (Å²) in [6.45, 7) is 2.04. The zero-order valence-corrected chi connectivity index (χ0v) is 17.6. The van der Waals surface area contributed by atoms with Gasteiger partial charge in [-0.1, -0.05) is 48.5 Å². The Balaban J connectivity index is 1.83. The van der Waals surface area contributed by atoms with Gasteiger partial charge in [-0.15, -0.1) is 0 Å². The van der Waals surface area contributed by atoms with Crippen LogP contribution in [0, 0.1) is 0 Å². The van der Waals surface area contributed by atoms with Gasteiger partial charge in [0.1, 0.15) is 17.3 Å². The molecule has 8 heteroatoms. The molecule has 31 heavy (non-hydrogen) atoms. The first-order valence-electron chi connectivity index (χ1n) is 10.2. The van der Waals surface area contributed by atoms with E-state index in [0.717, 1.165) is 11.3 Å². The number of nitrogens with zero attached hydrogens (tertiary/aromatic N) is 2. The molecule has 0 aliphatic rings. The van der Waals surface area contributed by atoms with Gasteiger partial charge in [0.2, 0.25) is 0 Å². The Labute approximate surface area is 180 Å². The zero-order valence-electron chi connectivity index (χ0n) is 17.6. The fourth-order valence-electron chi connectivity index (χ4n) is 3.32. The SMILES string of the molecule is COCCn1c(N)c(N(CCCOc2ccccc2)Cc2ccccc2)c(=O)[nH]c1=O. The lowest BCUT2D eigenvalue weighted by atomic mass is 10.2. The monoisotopic (exact) mass is 424 g/mol. The van der Waals surface area contributed by atoms with Gasteiger partial charge < -0.3 is 20.1 Å². The number of H-pyrrole nitrogens is 1. The van der Waals surface area contributed by atoms with Crippen LogP contribution in [0.5, 0.6) is 5.75 Å². The Morgan fingerprint density at radius 2 is 1.68 bits per heavy atom. The lowest BCUT2D eigenvalue weighted by molar-refractivity contribution is 0.186. The van der Waals surface area contributed by atoms with E-state index in [1.165, 1.54) is 4.57 Å². The van der Waals surface area contributed by atoms with E-state index in [1.54, 1.807) is 7.11 Å². The molecule has 0 aliphatic heterocycles. The molecule has 8 nitrogen and oxygen atoms in total. The highest BCUT2D eigenvalue weighted by Gasteiger charge is 2.19. The second kappa shape index (κ2) is 11.0. The van der Waals surface area contributed by atoms with Gasteiger partial charge in [-0.2, -0.15) is 0 Å². The zero-order chi connectivity index (χ0) is 22.1. The summed E-state index contributed by atoms with van der Waals surface area (Å²) in [5.41, 5.74) is 6.55. The van der Waals surface area contributed by atoms with Crippen LogP contribution in [0.3, 0.4) is 0 Å². The molecular weight excluding hydrogens is 396 g/mol. The maximum atomic E-state index is 12.7. The van der Waals surface area contributed by atoms with Crippen LogP contribution in [0.4, 0.5) is 11.5 Å². The maximum Gasteiger partial charge on any atom is 0.330 e. The van der Waals surface area contributed by atoms with Crippen LogP contribution in [0.2, 0.25) is 0 Å². The molecule has 164 valence electrons. The predicted molar refractivity (Wildman–Crippen MR) is 122 cm³/mol. The quantitative estimate of drug-likeness (QED) is 0.458. The number of hydrogen-bond acceptors (Lipinski definition) is 6. The van der Waals surface area contributed by atoms with Crippen molar-refractivity contribution in [2.45, 2.75) is 19.5 Å². The third-order valence-electron chi connectivity index (χ3n) is 4.85. The number of rotatable bonds is 11. The number of ether oxygens (including phenoxy) is 2. The molecule has 0 fully saturated rings. The number of hydrogen-bond donors (Lipinski definition) is 2. The number of para-hydroxylation sites is 1. The molecule has 0 bridgehead atoms. The van der Waals surface area contributed by atoms with Gasteiger partial charge in [0, 0.05) is 20.2 Å². The van der Waals surface area contributed by atoms with Crippen LogP contribution in [-0.4, -0.2) is 36.4 Å². The summed E-state index contributed by atoms with van der Waals surface area (Å²) in [6.07, 6.45) is 0.664. The van der Waals surface area contributed by atoms with E-state index >= 15 is 0 Å². The normalized spacial score (nSPS) is 10.7. The molecule has 0 saturated carbocycles. The van der Waals surface area contributed by atoms with Crippen LogP contribution in [-0.2, 0) is 17.8 Å². The number of aromatic amines is 1. The fraction of sp³-hybridized carbons (Fsp3) is 0.304. The first-order valence-corrected chi connectivity index (χ1v) is 10.2. The average Bonchev–Trinajstić information content (AvgIpc) is 2.77. The first kappa shape index (κ1) is 22.2. The minimum absolute atomic E-state index is 0.130. The molecule has 0 atom stereocenters. The topological polar surface area (TPSA) is 103 Å². The highest BCUT2D eigenvalue weighted by molar-refractivity contribution is 5.62. The molecule has 0 saturated heterocycles. The number of nitrogens with one attached hydrogen (secondary N) is 1. The Bertz CT molecular complexity index is 1060. The van der Waals surface area contributed by atoms with E-state index < -0.39 is 11.2 Å². The summed E-state index contributed by atoms with van der Waals surface area (Å²) >= 11 is 0. The third kappa shape index (κ3) is 5.99. The van der Waals surface area contributed by atoms with Gasteiger partial charge in [-0.05, 0) is 24.1 Å². The molecule has 1 aromatic heterocycles. The number of methoxy groups -OCH3 is 1. The number of nitrogens with two attached hydrogens (primary N) is 1. The van der Waals surface area contributed by atoms with E-state index in [2.05, 4.69) is 4.98 Å². The summed E-state index contributed by atoms with van der Waals surface area (Å²) in [5.74, 6) is 0.924. The molecule has 3 N–H and O–H groups in total. The van der Waals surface area contributed by atoms with Crippen LogP contribution in [0.25, 0.3) is 0 Å². The first-order chi connectivity index (χ1) is 15.1. The van der Waals surface area contributed by atoms with Crippen LogP contribution in [0.15, 0.2) is 70.3 Å². The number of nitrogen functional groups attached to an aromatic ring is 1. The third-order valence-corrected chi connectivity index (χ3v) is 4.85. The molecule has 0 unspecified atom stereocenters. The average molecular weight is 425 g/mol. The van der Waals surface area contributed by atoms with Gasteiger partial charge in [0.25, 0.3) is 5.56 Å². The number of aromatic nitrogens is 2. The highest BCUT2D eigenvalue weighted by atomic mass is 16.5. The molecular formula is C23H28N4O4. The van der Waals surface area contributed by atoms with Crippen LogP contribution >= 0.6 is 0 Å². The van der Waals surface area contributed by atoms with Gasteiger partial charge in [0.15, 0.2) is 0 Å². The van der Waals surface area contributed by atoms with E-state index in [9.17, 15) is 9.59 Å². The molecule has 3 aromatic rings. The summed E-state index contributed by atoms with van der Waals surface area (Å²) < 4.78 is 12.2. The van der Waals surface area contributed by atoms with Gasteiger partial charge in [-0.3, -0.25) is 14.3 Å². The minimum atomic E-state index is -0.546. The fourth-order valence-corrected chi connectivity index (χ4v) is 3.32. The van der Waals surface area contributed by atoms with E-state index in [0.29, 0.717) is 32.7 Å². The molecule has 2 aromatic carbocycles. The van der Waals surface area contributed by atoms with Crippen molar-refractivity contribution in [2.75, 3.05) is 37.5 Å². The van der Waals surface area contributed by atoms with Crippen molar-refractivity contribution in [2.24, 2.45) is 0 Å². The number of anilines is 2.